The lowest BCUT2D eigenvalue weighted by atomic mass is 9.82. The number of methoxy groups -OCH3 is 1. The highest BCUT2D eigenvalue weighted by Gasteiger charge is 2.51. The van der Waals surface area contributed by atoms with E-state index in [1.807, 2.05) is 4.90 Å². The Kier molecular flexibility index (Phi) is 4.57. The van der Waals surface area contributed by atoms with Crippen LogP contribution < -0.4 is 4.74 Å². The van der Waals surface area contributed by atoms with Crippen LogP contribution in [-0.4, -0.2) is 57.4 Å². The van der Waals surface area contributed by atoms with Gasteiger partial charge in [-0.1, -0.05) is 17.7 Å². The molecule has 1 aromatic carbocycles. The normalized spacial score (nSPS) is 27.0. The first-order valence-electron chi connectivity index (χ1n) is 7.36. The highest BCUT2D eigenvalue weighted by Crippen LogP contribution is 2.41. The summed E-state index contributed by atoms with van der Waals surface area (Å²) in [5, 5.41) is 0.594. The molecular weight excluding hydrogens is 306 g/mol. The third-order valence-corrected chi connectivity index (χ3v) is 4.70. The quantitative estimate of drug-likeness (QED) is 0.829. The molecule has 5 nitrogen and oxygen atoms in total. The van der Waals surface area contributed by atoms with Crippen LogP contribution >= 0.6 is 11.6 Å². The molecule has 120 valence electrons. The molecule has 2 fully saturated rings. The second kappa shape index (κ2) is 6.44. The van der Waals surface area contributed by atoms with Gasteiger partial charge in [-0.15, -0.1) is 0 Å². The number of rotatable bonds is 5. The molecule has 0 aliphatic carbocycles. The van der Waals surface area contributed by atoms with E-state index in [0.717, 1.165) is 0 Å². The van der Waals surface area contributed by atoms with Crippen molar-refractivity contribution in [1.82, 2.24) is 4.90 Å². The van der Waals surface area contributed by atoms with Gasteiger partial charge in [0.05, 0.1) is 19.8 Å². The Hall–Kier alpha value is -1.30. The highest BCUT2D eigenvalue weighted by molar-refractivity contribution is 6.30. The van der Waals surface area contributed by atoms with Crippen LogP contribution in [0.4, 0.5) is 0 Å². The zero-order chi connectivity index (χ0) is 15.6. The Morgan fingerprint density at radius 2 is 2.41 bits per heavy atom. The van der Waals surface area contributed by atoms with Crippen LogP contribution in [-0.2, 0) is 14.3 Å². The molecule has 2 aliphatic heterocycles. The Balaban J connectivity index is 1.57. The van der Waals surface area contributed by atoms with Gasteiger partial charge < -0.3 is 19.1 Å². The van der Waals surface area contributed by atoms with Crippen molar-refractivity contribution in [3.05, 3.63) is 29.3 Å². The Bertz CT molecular complexity index is 553. The van der Waals surface area contributed by atoms with Crippen LogP contribution in [0.5, 0.6) is 5.75 Å². The number of halogens is 1. The number of fused-ring (bicyclic) bond motifs is 1. The predicted octanol–water partition coefficient (Wildman–Crippen LogP) is 1.84. The monoisotopic (exact) mass is 325 g/mol. The first-order valence-corrected chi connectivity index (χ1v) is 7.73. The van der Waals surface area contributed by atoms with Crippen molar-refractivity contribution in [2.45, 2.75) is 0 Å². The van der Waals surface area contributed by atoms with Crippen LogP contribution in [0.15, 0.2) is 24.3 Å². The summed E-state index contributed by atoms with van der Waals surface area (Å²) in [4.78, 5) is 14.2. The molecule has 0 saturated carbocycles. The number of hydrogen-bond donors (Lipinski definition) is 0. The number of ether oxygens (including phenoxy) is 3. The smallest absolute Gasteiger partial charge is 0.260 e. The summed E-state index contributed by atoms with van der Waals surface area (Å²) in [6.07, 6.45) is 0. The van der Waals surface area contributed by atoms with Crippen LogP contribution in [0, 0.1) is 11.3 Å². The van der Waals surface area contributed by atoms with Crippen LogP contribution in [0.3, 0.4) is 0 Å². The minimum atomic E-state index is -0.0551. The fourth-order valence-electron chi connectivity index (χ4n) is 3.31. The maximum Gasteiger partial charge on any atom is 0.260 e. The third-order valence-electron chi connectivity index (χ3n) is 4.46. The number of amides is 1. The number of carbonyl (C=O) groups excluding carboxylic acids is 1. The molecule has 1 aromatic rings. The summed E-state index contributed by atoms with van der Waals surface area (Å²) in [6.45, 7) is 3.38. The van der Waals surface area contributed by atoms with Gasteiger partial charge in [0.1, 0.15) is 5.75 Å². The predicted molar refractivity (Wildman–Crippen MR) is 82.1 cm³/mol. The number of benzene rings is 1. The molecule has 2 atom stereocenters. The van der Waals surface area contributed by atoms with Crippen molar-refractivity contribution in [2.75, 3.05) is 46.6 Å². The van der Waals surface area contributed by atoms with Crippen molar-refractivity contribution in [2.24, 2.45) is 11.3 Å². The average molecular weight is 326 g/mol. The van der Waals surface area contributed by atoms with Crippen LogP contribution in [0.25, 0.3) is 0 Å². The summed E-state index contributed by atoms with van der Waals surface area (Å²) in [5.41, 5.74) is -0.0551. The fraction of sp³-hybridized carbons (Fsp3) is 0.562. The average Bonchev–Trinajstić information content (AvgIpc) is 3.02. The molecule has 0 bridgehead atoms. The topological polar surface area (TPSA) is 48.0 Å². The standard InChI is InChI=1S/C16H20ClNO4/c1-20-10-16-9-18(6-12(16)7-21-11-16)15(19)8-22-14-4-2-3-13(17)5-14/h2-5,12H,6-11H2,1H3/t12-,16-/m1/s1. The minimum absolute atomic E-state index is 0.00939. The molecule has 2 heterocycles. The van der Waals surface area contributed by atoms with Gasteiger partial charge in [-0.05, 0) is 18.2 Å². The van der Waals surface area contributed by atoms with Crippen LogP contribution in [0.2, 0.25) is 5.02 Å². The van der Waals surface area contributed by atoms with Crippen molar-refractivity contribution in [3.63, 3.8) is 0 Å². The molecule has 6 heteroatoms. The van der Waals surface area contributed by atoms with Crippen LogP contribution in [0.1, 0.15) is 0 Å². The van der Waals surface area contributed by atoms with Gasteiger partial charge >= 0.3 is 0 Å². The van der Waals surface area contributed by atoms with Crippen molar-refractivity contribution >= 4 is 17.5 Å². The Morgan fingerprint density at radius 3 is 3.18 bits per heavy atom. The largest absolute Gasteiger partial charge is 0.484 e. The van der Waals surface area contributed by atoms with E-state index in [9.17, 15) is 4.79 Å². The van der Waals surface area contributed by atoms with E-state index in [1.54, 1.807) is 31.4 Å². The number of nitrogens with zero attached hydrogens (tertiary/aromatic N) is 1. The lowest BCUT2D eigenvalue weighted by Gasteiger charge is -2.25. The fourth-order valence-corrected chi connectivity index (χ4v) is 3.49. The number of hydrogen-bond acceptors (Lipinski definition) is 4. The second-order valence-corrected chi connectivity index (χ2v) is 6.46. The molecule has 2 saturated heterocycles. The van der Waals surface area contributed by atoms with Crippen molar-refractivity contribution < 1.29 is 19.0 Å². The molecule has 0 unspecified atom stereocenters. The molecule has 3 rings (SSSR count). The minimum Gasteiger partial charge on any atom is -0.484 e. The molecule has 0 spiro atoms. The summed E-state index contributed by atoms with van der Waals surface area (Å²) >= 11 is 5.90. The molecule has 1 amide bonds. The summed E-state index contributed by atoms with van der Waals surface area (Å²) < 4.78 is 16.4. The molecule has 0 radical (unpaired) electrons. The Morgan fingerprint density at radius 1 is 1.55 bits per heavy atom. The SMILES string of the molecule is COC[C@]12COC[C@H]1CN(C(=O)COc1cccc(Cl)c1)C2. The van der Waals surface area contributed by atoms with E-state index in [4.69, 9.17) is 25.8 Å². The van der Waals surface area contributed by atoms with E-state index in [0.29, 0.717) is 49.6 Å². The summed E-state index contributed by atoms with van der Waals surface area (Å²) in [7, 11) is 1.69. The van der Waals surface area contributed by atoms with Gasteiger partial charge in [-0.3, -0.25) is 4.79 Å². The zero-order valence-electron chi connectivity index (χ0n) is 12.6. The lowest BCUT2D eigenvalue weighted by molar-refractivity contribution is -0.133. The van der Waals surface area contributed by atoms with Crippen molar-refractivity contribution in [3.8, 4) is 5.75 Å². The first kappa shape index (κ1) is 15.6. The summed E-state index contributed by atoms with van der Waals surface area (Å²) in [5.74, 6) is 0.947. The zero-order valence-corrected chi connectivity index (χ0v) is 13.3. The van der Waals surface area contributed by atoms with Gasteiger partial charge in [-0.25, -0.2) is 0 Å². The van der Waals surface area contributed by atoms with E-state index in [-0.39, 0.29) is 17.9 Å². The van der Waals surface area contributed by atoms with Gasteiger partial charge in [-0.2, -0.15) is 0 Å². The highest BCUT2D eigenvalue weighted by atomic mass is 35.5. The van der Waals surface area contributed by atoms with Gasteiger partial charge in [0.15, 0.2) is 6.61 Å². The molecule has 2 aliphatic rings. The second-order valence-electron chi connectivity index (χ2n) is 6.03. The number of likely N-dealkylation sites (tertiary alicyclic amines) is 1. The molecule has 22 heavy (non-hydrogen) atoms. The van der Waals surface area contributed by atoms with E-state index < -0.39 is 0 Å². The van der Waals surface area contributed by atoms with E-state index in [2.05, 4.69) is 0 Å². The molecule has 0 N–H and O–H groups in total. The number of carbonyl (C=O) groups is 1. The lowest BCUT2D eigenvalue weighted by Crippen LogP contribution is -2.38. The molecular formula is C16H20ClNO4. The van der Waals surface area contributed by atoms with Gasteiger partial charge in [0.2, 0.25) is 0 Å². The van der Waals surface area contributed by atoms with Gasteiger partial charge in [0.25, 0.3) is 5.91 Å². The molecule has 0 aromatic heterocycles. The van der Waals surface area contributed by atoms with Crippen molar-refractivity contribution in [1.29, 1.82) is 0 Å². The van der Waals surface area contributed by atoms with Gasteiger partial charge in [0, 0.05) is 36.6 Å². The van der Waals surface area contributed by atoms with E-state index in [1.165, 1.54) is 0 Å². The maximum atomic E-state index is 12.4. The third kappa shape index (κ3) is 3.07. The first-order chi connectivity index (χ1) is 10.6. The Labute approximate surface area is 135 Å². The summed E-state index contributed by atoms with van der Waals surface area (Å²) in [6, 6.07) is 7.06. The maximum absolute atomic E-state index is 12.4. The van der Waals surface area contributed by atoms with E-state index >= 15 is 0 Å².